The van der Waals surface area contributed by atoms with Crippen LogP contribution in [-0.4, -0.2) is 56.7 Å². The summed E-state index contributed by atoms with van der Waals surface area (Å²) in [5.41, 5.74) is 7.95. The summed E-state index contributed by atoms with van der Waals surface area (Å²) in [6, 6.07) is 1.93. The molecule has 26 heavy (non-hydrogen) atoms. The largest absolute Gasteiger partial charge is 0.378 e. The zero-order valence-electron chi connectivity index (χ0n) is 14.7. The van der Waals surface area contributed by atoms with E-state index in [1.165, 1.54) is 0 Å². The first-order valence-electron chi connectivity index (χ1n) is 8.72. The molecule has 1 saturated carbocycles. The summed E-state index contributed by atoms with van der Waals surface area (Å²) in [6.07, 6.45) is 7.92. The molecule has 4 rings (SSSR count). The molecular weight excluding hydrogens is 352 g/mol. The number of anilines is 2. The maximum atomic E-state index is 12.5. The summed E-state index contributed by atoms with van der Waals surface area (Å²) >= 11 is 0. The zero-order valence-corrected chi connectivity index (χ0v) is 15.5. The lowest BCUT2D eigenvalue weighted by atomic mass is 9.81. The number of hydrogen-bond donors (Lipinski definition) is 1. The molecule has 2 N–H and O–H groups in total. The van der Waals surface area contributed by atoms with E-state index in [1.54, 1.807) is 18.6 Å². The minimum Gasteiger partial charge on any atom is -0.378 e. The molecule has 9 heteroatoms. The maximum absolute atomic E-state index is 12.5. The lowest BCUT2D eigenvalue weighted by Gasteiger charge is -2.40. The molecule has 2 fully saturated rings. The summed E-state index contributed by atoms with van der Waals surface area (Å²) in [4.78, 5) is 19.8. The number of nitrogen functional groups attached to an aromatic ring is 1. The molecule has 1 atom stereocenters. The van der Waals surface area contributed by atoms with Crippen LogP contribution in [0, 0.1) is 0 Å². The summed E-state index contributed by atoms with van der Waals surface area (Å²) < 4.78 is 17.6. The van der Waals surface area contributed by atoms with Gasteiger partial charge in [-0.05, 0) is 25.3 Å². The van der Waals surface area contributed by atoms with Gasteiger partial charge >= 0.3 is 0 Å². The SMILES string of the molecule is CS(=O)C1(c2cc(-c3cnc(N)nc3)nc(N3CCOCC3)n2)CCC1. The smallest absolute Gasteiger partial charge is 0.226 e. The molecule has 8 nitrogen and oxygen atoms in total. The van der Waals surface area contributed by atoms with Gasteiger partial charge in [0, 0.05) is 48.1 Å². The lowest BCUT2D eigenvalue weighted by molar-refractivity contribution is 0.122. The molecule has 0 spiro atoms. The maximum Gasteiger partial charge on any atom is 0.226 e. The predicted molar refractivity (Wildman–Crippen MR) is 100 cm³/mol. The van der Waals surface area contributed by atoms with E-state index in [-0.39, 0.29) is 10.7 Å². The fourth-order valence-electron chi connectivity index (χ4n) is 3.38. The molecule has 0 aromatic carbocycles. The monoisotopic (exact) mass is 374 g/mol. The van der Waals surface area contributed by atoms with Crippen LogP contribution < -0.4 is 10.6 Å². The van der Waals surface area contributed by atoms with Crippen LogP contribution >= 0.6 is 0 Å². The Labute approximate surface area is 154 Å². The van der Waals surface area contributed by atoms with E-state index in [4.69, 9.17) is 20.4 Å². The van der Waals surface area contributed by atoms with Gasteiger partial charge in [-0.2, -0.15) is 0 Å². The molecule has 1 aliphatic carbocycles. The Morgan fingerprint density at radius 1 is 1.19 bits per heavy atom. The van der Waals surface area contributed by atoms with Crippen molar-refractivity contribution in [1.82, 2.24) is 19.9 Å². The molecular formula is C17H22N6O2S. The standard InChI is InChI=1S/C17H22N6O2S/c1-26(24)17(3-2-4-17)14-9-13(12-10-19-15(18)20-11-12)21-16(22-14)23-5-7-25-8-6-23/h9-11H,2-8H2,1H3,(H2,18,19,20). The molecule has 2 aromatic rings. The zero-order chi connectivity index (χ0) is 18.1. The van der Waals surface area contributed by atoms with Gasteiger partial charge in [-0.1, -0.05) is 0 Å². The fourth-order valence-corrected chi connectivity index (χ4v) is 4.64. The van der Waals surface area contributed by atoms with Crippen LogP contribution in [0.3, 0.4) is 0 Å². The Morgan fingerprint density at radius 2 is 1.88 bits per heavy atom. The predicted octanol–water partition coefficient (Wildman–Crippen LogP) is 1.11. The van der Waals surface area contributed by atoms with Crippen LogP contribution in [0.2, 0.25) is 0 Å². The second kappa shape index (κ2) is 6.88. The van der Waals surface area contributed by atoms with E-state index in [0.29, 0.717) is 19.2 Å². The molecule has 0 bridgehead atoms. The van der Waals surface area contributed by atoms with Crippen molar-refractivity contribution in [2.24, 2.45) is 0 Å². The average molecular weight is 374 g/mol. The number of rotatable bonds is 4. The quantitative estimate of drug-likeness (QED) is 0.848. The topological polar surface area (TPSA) is 107 Å². The van der Waals surface area contributed by atoms with E-state index in [2.05, 4.69) is 14.9 Å². The van der Waals surface area contributed by atoms with Crippen LogP contribution in [0.5, 0.6) is 0 Å². The van der Waals surface area contributed by atoms with Crippen LogP contribution in [0.15, 0.2) is 18.5 Å². The highest BCUT2D eigenvalue weighted by atomic mass is 32.2. The van der Waals surface area contributed by atoms with E-state index >= 15 is 0 Å². The third-order valence-corrected chi connectivity index (χ3v) is 6.87. The van der Waals surface area contributed by atoms with E-state index < -0.39 is 10.8 Å². The first kappa shape index (κ1) is 17.3. The van der Waals surface area contributed by atoms with Crippen molar-refractivity contribution in [3.63, 3.8) is 0 Å². The molecule has 2 aromatic heterocycles. The Bertz CT molecular complexity index is 819. The van der Waals surface area contributed by atoms with Crippen molar-refractivity contribution in [3.8, 4) is 11.3 Å². The van der Waals surface area contributed by atoms with Crippen LogP contribution in [0.1, 0.15) is 25.0 Å². The number of aromatic nitrogens is 4. The minimum absolute atomic E-state index is 0.224. The highest BCUT2D eigenvalue weighted by molar-refractivity contribution is 7.85. The molecule has 1 saturated heterocycles. The van der Waals surface area contributed by atoms with E-state index in [1.807, 2.05) is 6.07 Å². The molecule has 138 valence electrons. The highest BCUT2D eigenvalue weighted by Crippen LogP contribution is 2.46. The van der Waals surface area contributed by atoms with Crippen molar-refractivity contribution in [1.29, 1.82) is 0 Å². The molecule has 3 heterocycles. The number of ether oxygens (including phenoxy) is 1. The molecule has 0 amide bonds. The van der Waals surface area contributed by atoms with Gasteiger partial charge in [0.05, 0.1) is 29.3 Å². The van der Waals surface area contributed by atoms with Crippen LogP contribution in [-0.2, 0) is 20.3 Å². The van der Waals surface area contributed by atoms with Crippen molar-refractivity contribution < 1.29 is 8.95 Å². The molecule has 0 radical (unpaired) electrons. The van der Waals surface area contributed by atoms with Gasteiger partial charge in [0.15, 0.2) is 0 Å². The summed E-state index contributed by atoms with van der Waals surface area (Å²) in [5, 5.41) is 0. The van der Waals surface area contributed by atoms with Gasteiger partial charge in [0.2, 0.25) is 11.9 Å². The third-order valence-electron chi connectivity index (χ3n) is 5.15. The Morgan fingerprint density at radius 3 is 2.46 bits per heavy atom. The fraction of sp³-hybridized carbons (Fsp3) is 0.529. The highest BCUT2D eigenvalue weighted by Gasteiger charge is 2.44. The van der Waals surface area contributed by atoms with Gasteiger partial charge in [0.25, 0.3) is 0 Å². The van der Waals surface area contributed by atoms with Crippen LogP contribution in [0.25, 0.3) is 11.3 Å². The van der Waals surface area contributed by atoms with Crippen molar-refractivity contribution in [3.05, 3.63) is 24.2 Å². The van der Waals surface area contributed by atoms with Crippen molar-refractivity contribution in [2.75, 3.05) is 43.2 Å². The Balaban J connectivity index is 1.81. The first-order chi connectivity index (χ1) is 12.6. The van der Waals surface area contributed by atoms with Crippen molar-refractivity contribution in [2.45, 2.75) is 24.0 Å². The molecule has 1 aliphatic heterocycles. The number of nitrogens with two attached hydrogens (primary N) is 1. The summed E-state index contributed by atoms with van der Waals surface area (Å²) in [6.45, 7) is 2.78. The van der Waals surface area contributed by atoms with Crippen LogP contribution in [0.4, 0.5) is 11.9 Å². The normalized spacial score (nSPS) is 20.4. The van der Waals surface area contributed by atoms with Gasteiger partial charge in [0.1, 0.15) is 0 Å². The van der Waals surface area contributed by atoms with Crippen molar-refractivity contribution >= 4 is 22.7 Å². The van der Waals surface area contributed by atoms with Gasteiger partial charge in [-0.15, -0.1) is 0 Å². The molecule has 2 aliphatic rings. The first-order valence-corrected chi connectivity index (χ1v) is 10.3. The Kier molecular flexibility index (Phi) is 4.58. The second-order valence-corrected chi connectivity index (χ2v) is 8.36. The van der Waals surface area contributed by atoms with E-state index in [9.17, 15) is 4.21 Å². The molecule has 1 unspecified atom stereocenters. The van der Waals surface area contributed by atoms with Gasteiger partial charge in [-0.25, -0.2) is 19.9 Å². The average Bonchev–Trinajstić information content (AvgIpc) is 2.61. The Hall–Kier alpha value is -2.13. The third kappa shape index (κ3) is 3.05. The van der Waals surface area contributed by atoms with E-state index in [0.717, 1.165) is 49.3 Å². The van der Waals surface area contributed by atoms with Gasteiger partial charge in [-0.3, -0.25) is 4.21 Å². The lowest BCUT2D eigenvalue weighted by Crippen LogP contribution is -2.41. The number of nitrogens with zero attached hydrogens (tertiary/aromatic N) is 5. The second-order valence-electron chi connectivity index (χ2n) is 6.67. The summed E-state index contributed by atoms with van der Waals surface area (Å²) in [5.74, 6) is 0.871. The number of morpholine rings is 1. The minimum atomic E-state index is -0.999. The summed E-state index contributed by atoms with van der Waals surface area (Å²) in [7, 11) is -0.999. The number of hydrogen-bond acceptors (Lipinski definition) is 8. The van der Waals surface area contributed by atoms with Gasteiger partial charge < -0.3 is 15.4 Å².